The van der Waals surface area contributed by atoms with Crippen molar-refractivity contribution in [1.82, 2.24) is 0 Å². The van der Waals surface area contributed by atoms with Crippen LogP contribution in [0.25, 0.3) is 0 Å². The van der Waals surface area contributed by atoms with Crippen molar-refractivity contribution in [3.8, 4) is 6.07 Å². The van der Waals surface area contributed by atoms with Crippen molar-refractivity contribution in [1.29, 1.82) is 5.26 Å². The van der Waals surface area contributed by atoms with E-state index in [0.717, 1.165) is 6.07 Å². The van der Waals surface area contributed by atoms with Gasteiger partial charge in [-0.15, -0.1) is 0 Å². The molecule has 0 heterocycles. The molecular weight excluding hydrogens is 299 g/mol. The third-order valence-electron chi connectivity index (χ3n) is 2.18. The lowest BCUT2D eigenvalue weighted by Gasteiger charge is -2.11. The Morgan fingerprint density at radius 2 is 2.06 bits per heavy atom. The Bertz CT molecular complexity index is 503. The van der Waals surface area contributed by atoms with Crippen LogP contribution in [0.4, 0.5) is 13.2 Å². The number of ketones is 1. The van der Waals surface area contributed by atoms with E-state index in [2.05, 4.69) is 15.9 Å². The fourth-order valence-corrected chi connectivity index (χ4v) is 1.76. The molecule has 17 heavy (non-hydrogen) atoms. The Morgan fingerprint density at radius 3 is 2.47 bits per heavy atom. The minimum atomic E-state index is -4.52. The molecule has 0 radical (unpaired) electrons. The number of carbonyl (C=O) groups excluding carboxylic acids is 1. The lowest BCUT2D eigenvalue weighted by molar-refractivity contribution is -0.137. The third-order valence-corrected chi connectivity index (χ3v) is 2.69. The smallest absolute Gasteiger partial charge is 0.293 e. The molecule has 90 valence electrons. The highest BCUT2D eigenvalue weighted by Gasteiger charge is 2.32. The number of halogens is 4. The second kappa shape index (κ2) is 4.88. The minimum absolute atomic E-state index is 0.0338. The van der Waals surface area contributed by atoms with Crippen molar-refractivity contribution in [2.75, 3.05) is 5.33 Å². The number of hydrogen-bond acceptors (Lipinski definition) is 2. The summed E-state index contributed by atoms with van der Waals surface area (Å²) in [5, 5.41) is 8.76. The fourth-order valence-electron chi connectivity index (χ4n) is 1.48. The normalized spacial score (nSPS) is 11.1. The van der Waals surface area contributed by atoms with Crippen molar-refractivity contribution < 1.29 is 18.0 Å². The molecule has 0 atom stereocenters. The fraction of sp³-hybridized carbons (Fsp3) is 0.273. The van der Waals surface area contributed by atoms with Gasteiger partial charge in [-0.3, -0.25) is 4.79 Å². The van der Waals surface area contributed by atoms with Crippen LogP contribution in [0.5, 0.6) is 0 Å². The van der Waals surface area contributed by atoms with E-state index >= 15 is 0 Å². The second-order valence-electron chi connectivity index (χ2n) is 3.38. The molecule has 0 saturated carbocycles. The summed E-state index contributed by atoms with van der Waals surface area (Å²) < 4.78 is 37.5. The van der Waals surface area contributed by atoms with Crippen molar-refractivity contribution in [3.05, 3.63) is 34.4 Å². The summed E-state index contributed by atoms with van der Waals surface area (Å²) >= 11 is 2.93. The van der Waals surface area contributed by atoms with E-state index in [9.17, 15) is 18.0 Å². The zero-order chi connectivity index (χ0) is 13.2. The summed E-state index contributed by atoms with van der Waals surface area (Å²) in [7, 11) is 0. The standard InChI is InChI=1S/C11H7BrF3NO/c1-6-2-8(11(13,14)15)3-7(5-16)10(6)9(17)4-12/h2-3H,4H2,1H3. The maximum absolute atomic E-state index is 12.5. The summed E-state index contributed by atoms with van der Waals surface area (Å²) in [6.45, 7) is 1.38. The third kappa shape index (κ3) is 2.86. The monoisotopic (exact) mass is 305 g/mol. The van der Waals surface area contributed by atoms with E-state index < -0.39 is 17.5 Å². The average molecular weight is 306 g/mol. The lowest BCUT2D eigenvalue weighted by Crippen LogP contribution is -2.11. The molecule has 1 rings (SSSR count). The SMILES string of the molecule is Cc1cc(C(F)(F)F)cc(C#N)c1C(=O)CBr. The second-order valence-corrected chi connectivity index (χ2v) is 3.94. The van der Waals surface area contributed by atoms with E-state index in [4.69, 9.17) is 5.26 Å². The van der Waals surface area contributed by atoms with E-state index in [0.29, 0.717) is 6.07 Å². The van der Waals surface area contributed by atoms with Crippen molar-refractivity contribution in [2.45, 2.75) is 13.1 Å². The first-order valence-corrected chi connectivity index (χ1v) is 5.64. The van der Waals surface area contributed by atoms with Crippen LogP contribution < -0.4 is 0 Å². The van der Waals surface area contributed by atoms with Gasteiger partial charge in [-0.2, -0.15) is 18.4 Å². The molecule has 0 aromatic heterocycles. The average Bonchev–Trinajstić information content (AvgIpc) is 2.25. The van der Waals surface area contributed by atoms with Crippen molar-refractivity contribution >= 4 is 21.7 Å². The molecule has 0 fully saturated rings. The largest absolute Gasteiger partial charge is 0.416 e. The Kier molecular flexibility index (Phi) is 3.94. The van der Waals surface area contributed by atoms with Gasteiger partial charge in [0.1, 0.15) is 0 Å². The number of rotatable bonds is 2. The highest BCUT2D eigenvalue weighted by molar-refractivity contribution is 9.09. The van der Waals surface area contributed by atoms with Gasteiger partial charge < -0.3 is 0 Å². The molecular formula is C11H7BrF3NO. The molecule has 1 aromatic rings. The molecule has 6 heteroatoms. The first-order chi connectivity index (χ1) is 7.81. The van der Waals surface area contributed by atoms with Gasteiger partial charge >= 0.3 is 6.18 Å². The Labute approximate surface area is 104 Å². The zero-order valence-corrected chi connectivity index (χ0v) is 10.3. The van der Waals surface area contributed by atoms with Gasteiger partial charge in [-0.05, 0) is 24.6 Å². The van der Waals surface area contributed by atoms with Gasteiger partial charge in [0.05, 0.1) is 22.5 Å². The van der Waals surface area contributed by atoms with Crippen LogP contribution in [0.3, 0.4) is 0 Å². The Morgan fingerprint density at radius 1 is 1.47 bits per heavy atom. The van der Waals surface area contributed by atoms with Gasteiger partial charge in [-0.25, -0.2) is 0 Å². The number of alkyl halides is 4. The molecule has 0 N–H and O–H groups in total. The van der Waals surface area contributed by atoms with E-state index in [1.165, 1.54) is 6.92 Å². The molecule has 0 spiro atoms. The number of hydrogen-bond donors (Lipinski definition) is 0. The van der Waals surface area contributed by atoms with Crippen LogP contribution in [0.15, 0.2) is 12.1 Å². The minimum Gasteiger partial charge on any atom is -0.293 e. The first kappa shape index (κ1) is 13.7. The number of carbonyl (C=O) groups is 1. The van der Waals surface area contributed by atoms with Crippen LogP contribution in [0, 0.1) is 18.3 Å². The van der Waals surface area contributed by atoms with Crippen LogP contribution in [-0.4, -0.2) is 11.1 Å². The summed E-state index contributed by atoms with van der Waals surface area (Å²) in [5.41, 5.74) is -0.974. The van der Waals surface area contributed by atoms with Gasteiger partial charge in [0, 0.05) is 5.56 Å². The summed E-state index contributed by atoms with van der Waals surface area (Å²) in [6, 6.07) is 3.19. The number of nitriles is 1. The molecule has 1 aromatic carbocycles. The number of Topliss-reactive ketones (excluding diaryl/α,β-unsaturated/α-hetero) is 1. The van der Waals surface area contributed by atoms with Gasteiger partial charge in [0.25, 0.3) is 0 Å². The summed E-state index contributed by atoms with van der Waals surface area (Å²) in [6.07, 6.45) is -4.52. The van der Waals surface area contributed by atoms with Crippen LogP contribution in [0.1, 0.15) is 27.0 Å². The van der Waals surface area contributed by atoms with Crippen LogP contribution in [-0.2, 0) is 6.18 Å². The molecule has 2 nitrogen and oxygen atoms in total. The molecule has 0 amide bonds. The maximum atomic E-state index is 12.5. The van der Waals surface area contributed by atoms with Crippen LogP contribution in [0.2, 0.25) is 0 Å². The number of benzene rings is 1. The van der Waals surface area contributed by atoms with E-state index in [1.807, 2.05) is 0 Å². The quantitative estimate of drug-likeness (QED) is 0.620. The summed E-state index contributed by atoms with van der Waals surface area (Å²) in [4.78, 5) is 11.5. The first-order valence-electron chi connectivity index (χ1n) is 4.52. The molecule has 0 bridgehead atoms. The lowest BCUT2D eigenvalue weighted by atomic mass is 9.96. The Balaban J connectivity index is 3.48. The van der Waals surface area contributed by atoms with Crippen molar-refractivity contribution in [2.24, 2.45) is 0 Å². The van der Waals surface area contributed by atoms with Crippen molar-refractivity contribution in [3.63, 3.8) is 0 Å². The molecule has 0 unspecified atom stereocenters. The van der Waals surface area contributed by atoms with Crippen LogP contribution >= 0.6 is 15.9 Å². The topological polar surface area (TPSA) is 40.9 Å². The highest BCUT2D eigenvalue weighted by atomic mass is 79.9. The predicted molar refractivity (Wildman–Crippen MR) is 59.0 cm³/mol. The van der Waals surface area contributed by atoms with Gasteiger partial charge in [0.2, 0.25) is 0 Å². The maximum Gasteiger partial charge on any atom is 0.416 e. The highest BCUT2D eigenvalue weighted by Crippen LogP contribution is 2.32. The predicted octanol–water partition coefficient (Wildman–Crippen LogP) is 3.46. The molecule has 0 saturated heterocycles. The zero-order valence-electron chi connectivity index (χ0n) is 8.73. The van der Waals surface area contributed by atoms with Gasteiger partial charge in [0.15, 0.2) is 5.78 Å². The molecule has 0 aliphatic heterocycles. The molecule has 0 aliphatic rings. The number of nitrogens with zero attached hydrogens (tertiary/aromatic N) is 1. The molecule has 0 aliphatic carbocycles. The van der Waals surface area contributed by atoms with Gasteiger partial charge in [-0.1, -0.05) is 15.9 Å². The summed E-state index contributed by atoms with van der Waals surface area (Å²) in [5.74, 6) is -0.409. The van der Waals surface area contributed by atoms with E-state index in [-0.39, 0.29) is 22.0 Å². The number of aryl methyl sites for hydroxylation is 1. The van der Waals surface area contributed by atoms with E-state index in [1.54, 1.807) is 6.07 Å². The Hall–Kier alpha value is -1.35.